The molecule has 0 fully saturated rings. The van der Waals surface area contributed by atoms with Crippen molar-refractivity contribution in [1.82, 2.24) is 16.0 Å². The molecule has 0 aliphatic heterocycles. The van der Waals surface area contributed by atoms with E-state index < -0.39 is 6.03 Å². The van der Waals surface area contributed by atoms with Crippen molar-refractivity contribution in [3.63, 3.8) is 0 Å². The first-order valence-corrected chi connectivity index (χ1v) is 7.88. The number of thioether (sulfide) groups is 1. The highest BCUT2D eigenvalue weighted by Crippen LogP contribution is 2.25. The normalized spacial score (nSPS) is 13.3. The number of urea groups is 1. The fourth-order valence-corrected chi connectivity index (χ4v) is 2.55. The summed E-state index contributed by atoms with van der Waals surface area (Å²) in [5, 5.41) is 7.70. The van der Waals surface area contributed by atoms with Gasteiger partial charge in [-0.1, -0.05) is 12.1 Å². The van der Waals surface area contributed by atoms with Crippen LogP contribution in [0.3, 0.4) is 0 Å². The first kappa shape index (κ1) is 17.5. The van der Waals surface area contributed by atoms with E-state index in [1.807, 2.05) is 31.3 Å². The topological polar surface area (TPSA) is 70.2 Å². The lowest BCUT2D eigenvalue weighted by Gasteiger charge is -2.13. The summed E-state index contributed by atoms with van der Waals surface area (Å²) in [5.74, 6) is -0.293. The lowest BCUT2D eigenvalue weighted by atomic mass is 10.1. The van der Waals surface area contributed by atoms with E-state index in [0.29, 0.717) is 12.6 Å². The zero-order valence-corrected chi connectivity index (χ0v) is 13.7. The largest absolute Gasteiger partial charge is 0.338 e. The second-order valence-corrected chi connectivity index (χ2v) is 6.10. The van der Waals surface area contributed by atoms with Gasteiger partial charge in [-0.05, 0) is 45.5 Å². The monoisotopic (exact) mass is 309 g/mol. The Morgan fingerprint density at radius 1 is 1.19 bits per heavy atom. The summed E-state index contributed by atoms with van der Waals surface area (Å²) in [6, 6.07) is 7.90. The van der Waals surface area contributed by atoms with Crippen LogP contribution < -0.4 is 16.0 Å². The highest BCUT2D eigenvalue weighted by molar-refractivity contribution is 8.00. The van der Waals surface area contributed by atoms with Crippen molar-refractivity contribution in [2.45, 2.75) is 37.0 Å². The Bertz CT molecular complexity index is 476. The quantitative estimate of drug-likeness (QED) is 0.705. The van der Waals surface area contributed by atoms with E-state index in [0.717, 1.165) is 4.90 Å². The highest BCUT2D eigenvalue weighted by atomic mass is 32.2. The molecule has 0 bridgehead atoms. The van der Waals surface area contributed by atoms with Crippen molar-refractivity contribution < 1.29 is 9.59 Å². The number of nitrogens with one attached hydrogen (secondary N) is 3. The van der Waals surface area contributed by atoms with E-state index in [1.54, 1.807) is 13.8 Å². The van der Waals surface area contributed by atoms with Gasteiger partial charge >= 0.3 is 6.03 Å². The number of hydrogen-bond acceptors (Lipinski definition) is 4. The SMILES string of the molecule is CCNC(=O)NC(=O)C(C)Sc1ccc(C(C)NC)cc1. The third kappa shape index (κ3) is 5.77. The maximum Gasteiger partial charge on any atom is 0.321 e. The van der Waals surface area contributed by atoms with Crippen molar-refractivity contribution >= 4 is 23.7 Å². The van der Waals surface area contributed by atoms with Gasteiger partial charge in [0, 0.05) is 17.5 Å². The van der Waals surface area contributed by atoms with E-state index in [9.17, 15) is 9.59 Å². The molecule has 3 N–H and O–H groups in total. The molecule has 2 unspecified atom stereocenters. The Morgan fingerprint density at radius 2 is 1.81 bits per heavy atom. The molecule has 1 aromatic carbocycles. The molecule has 0 spiro atoms. The minimum Gasteiger partial charge on any atom is -0.338 e. The highest BCUT2D eigenvalue weighted by Gasteiger charge is 2.16. The van der Waals surface area contributed by atoms with E-state index >= 15 is 0 Å². The summed E-state index contributed by atoms with van der Waals surface area (Å²) >= 11 is 1.43. The molecule has 0 aliphatic rings. The summed E-state index contributed by atoms with van der Waals surface area (Å²) in [6.07, 6.45) is 0. The molecule has 1 rings (SSSR count). The van der Waals surface area contributed by atoms with Crippen LogP contribution in [0.4, 0.5) is 4.79 Å². The van der Waals surface area contributed by atoms with Gasteiger partial charge in [0.1, 0.15) is 0 Å². The van der Waals surface area contributed by atoms with Gasteiger partial charge in [0.2, 0.25) is 5.91 Å². The van der Waals surface area contributed by atoms with Crippen molar-refractivity contribution in [2.75, 3.05) is 13.6 Å². The first-order chi connectivity index (χ1) is 9.97. The summed E-state index contributed by atoms with van der Waals surface area (Å²) < 4.78 is 0. The maximum atomic E-state index is 11.9. The van der Waals surface area contributed by atoms with Gasteiger partial charge in [-0.2, -0.15) is 0 Å². The zero-order chi connectivity index (χ0) is 15.8. The van der Waals surface area contributed by atoms with Gasteiger partial charge < -0.3 is 10.6 Å². The van der Waals surface area contributed by atoms with Crippen LogP contribution in [0.15, 0.2) is 29.2 Å². The summed E-state index contributed by atoms with van der Waals surface area (Å²) in [6.45, 7) is 6.16. The van der Waals surface area contributed by atoms with Gasteiger partial charge in [-0.15, -0.1) is 11.8 Å². The van der Waals surface area contributed by atoms with Crippen molar-refractivity contribution in [2.24, 2.45) is 0 Å². The Kier molecular flexibility index (Phi) is 7.25. The van der Waals surface area contributed by atoms with Crippen LogP contribution >= 0.6 is 11.8 Å². The molecule has 0 heterocycles. The molecule has 3 amide bonds. The summed E-state index contributed by atoms with van der Waals surface area (Å²) in [7, 11) is 1.92. The minimum absolute atomic E-state index is 0.293. The van der Waals surface area contributed by atoms with E-state index in [1.165, 1.54) is 17.3 Å². The number of benzene rings is 1. The summed E-state index contributed by atoms with van der Waals surface area (Å²) in [4.78, 5) is 24.2. The van der Waals surface area contributed by atoms with Gasteiger partial charge in [-0.3, -0.25) is 10.1 Å². The molecule has 0 aliphatic carbocycles. The molecular weight excluding hydrogens is 286 g/mol. The van der Waals surface area contributed by atoms with Crippen molar-refractivity contribution in [1.29, 1.82) is 0 Å². The van der Waals surface area contributed by atoms with E-state index in [4.69, 9.17) is 0 Å². The van der Waals surface area contributed by atoms with Gasteiger partial charge in [0.25, 0.3) is 0 Å². The predicted molar refractivity (Wildman–Crippen MR) is 86.5 cm³/mol. The van der Waals surface area contributed by atoms with Crippen LogP contribution in [0, 0.1) is 0 Å². The molecule has 0 saturated carbocycles. The van der Waals surface area contributed by atoms with Crippen LogP contribution in [0.5, 0.6) is 0 Å². The molecule has 1 aromatic rings. The Morgan fingerprint density at radius 3 is 2.33 bits per heavy atom. The summed E-state index contributed by atoms with van der Waals surface area (Å²) in [5.41, 5.74) is 1.20. The van der Waals surface area contributed by atoms with E-state index in [2.05, 4.69) is 22.9 Å². The third-order valence-corrected chi connectivity index (χ3v) is 4.18. The van der Waals surface area contributed by atoms with Crippen LogP contribution in [0.2, 0.25) is 0 Å². The average molecular weight is 309 g/mol. The Balaban J connectivity index is 2.56. The second kappa shape index (κ2) is 8.69. The second-order valence-electron chi connectivity index (χ2n) is 4.69. The van der Waals surface area contributed by atoms with Gasteiger partial charge in [0.15, 0.2) is 0 Å². The lowest BCUT2D eigenvalue weighted by molar-refractivity contribution is -0.119. The number of hydrogen-bond donors (Lipinski definition) is 3. The van der Waals surface area contributed by atoms with Crippen LogP contribution in [0.25, 0.3) is 0 Å². The fraction of sp³-hybridized carbons (Fsp3) is 0.467. The standard InChI is InChI=1S/C15H23N3O2S/c1-5-17-15(20)18-14(19)11(3)21-13-8-6-12(7-9-13)10(2)16-4/h6-11,16H,5H2,1-4H3,(H2,17,18,19,20). The van der Waals surface area contributed by atoms with Crippen molar-refractivity contribution in [3.8, 4) is 0 Å². The molecule has 21 heavy (non-hydrogen) atoms. The molecular formula is C15H23N3O2S. The molecule has 116 valence electrons. The Hall–Kier alpha value is -1.53. The molecule has 0 radical (unpaired) electrons. The minimum atomic E-state index is -0.451. The Labute approximate surface area is 130 Å². The van der Waals surface area contributed by atoms with Crippen LogP contribution in [0.1, 0.15) is 32.4 Å². The van der Waals surface area contributed by atoms with Crippen LogP contribution in [-0.4, -0.2) is 30.8 Å². The molecule has 0 aromatic heterocycles. The van der Waals surface area contributed by atoms with Gasteiger partial charge in [-0.25, -0.2) is 4.79 Å². The predicted octanol–water partition coefficient (Wildman–Crippen LogP) is 2.29. The number of carbonyl (C=O) groups excluding carboxylic acids is 2. The van der Waals surface area contributed by atoms with Crippen LogP contribution in [-0.2, 0) is 4.79 Å². The number of imide groups is 1. The third-order valence-electron chi connectivity index (χ3n) is 3.07. The molecule has 5 nitrogen and oxygen atoms in total. The molecule has 6 heteroatoms. The molecule has 2 atom stereocenters. The zero-order valence-electron chi connectivity index (χ0n) is 12.9. The first-order valence-electron chi connectivity index (χ1n) is 7.00. The average Bonchev–Trinajstić information content (AvgIpc) is 2.47. The van der Waals surface area contributed by atoms with E-state index in [-0.39, 0.29) is 11.2 Å². The fourth-order valence-electron chi connectivity index (χ4n) is 1.68. The number of rotatable bonds is 6. The molecule has 0 saturated heterocycles. The maximum absolute atomic E-state index is 11.9. The number of amides is 3. The van der Waals surface area contributed by atoms with Gasteiger partial charge in [0.05, 0.1) is 5.25 Å². The number of carbonyl (C=O) groups is 2. The smallest absolute Gasteiger partial charge is 0.321 e. The van der Waals surface area contributed by atoms with Crippen molar-refractivity contribution in [3.05, 3.63) is 29.8 Å². The lowest BCUT2D eigenvalue weighted by Crippen LogP contribution is -2.42.